The van der Waals surface area contributed by atoms with Crippen LogP contribution >= 0.6 is 0 Å². The van der Waals surface area contributed by atoms with Crippen LogP contribution in [0.4, 0.5) is 22.0 Å². The first-order chi connectivity index (χ1) is 9.25. The Morgan fingerprint density at radius 3 is 1.75 bits per heavy atom. The van der Waals surface area contributed by atoms with Crippen molar-refractivity contribution >= 4 is 11.9 Å². The molecule has 9 heteroatoms. The molecule has 1 aromatic carbocycles. The Kier molecular flexibility index (Phi) is 5.00. The van der Waals surface area contributed by atoms with Crippen LogP contribution < -0.4 is 0 Å². The lowest BCUT2D eigenvalue weighted by Gasteiger charge is -2.08. The largest absolute Gasteiger partial charge is 0.481 e. The zero-order valence-corrected chi connectivity index (χ0v) is 9.68. The van der Waals surface area contributed by atoms with E-state index in [0.717, 1.165) is 0 Å². The van der Waals surface area contributed by atoms with Crippen LogP contribution in [0.3, 0.4) is 0 Å². The van der Waals surface area contributed by atoms with Crippen LogP contribution in [0.25, 0.3) is 0 Å². The van der Waals surface area contributed by atoms with Crippen LogP contribution in [0.1, 0.15) is 18.4 Å². The van der Waals surface area contributed by atoms with Gasteiger partial charge in [0.1, 0.15) is 6.61 Å². The Labute approximate surface area is 108 Å². The Morgan fingerprint density at radius 2 is 1.30 bits per heavy atom. The molecule has 0 aliphatic carbocycles. The number of ether oxygens (including phenoxy) is 1. The van der Waals surface area contributed by atoms with Crippen molar-refractivity contribution in [2.45, 2.75) is 19.4 Å². The average molecular weight is 298 g/mol. The maximum absolute atomic E-state index is 13.2. The van der Waals surface area contributed by atoms with Gasteiger partial charge in [-0.2, -0.15) is 0 Å². The first-order valence-electron chi connectivity index (χ1n) is 5.13. The maximum Gasteiger partial charge on any atom is 0.306 e. The first-order valence-corrected chi connectivity index (χ1v) is 5.13. The molecule has 0 atom stereocenters. The number of benzene rings is 1. The normalized spacial score (nSPS) is 10.4. The summed E-state index contributed by atoms with van der Waals surface area (Å²) in [5.74, 6) is -13.3. The van der Waals surface area contributed by atoms with E-state index in [1.165, 1.54) is 0 Å². The van der Waals surface area contributed by atoms with Crippen LogP contribution in [0.2, 0.25) is 0 Å². The molecule has 4 nitrogen and oxygen atoms in total. The van der Waals surface area contributed by atoms with Gasteiger partial charge in [-0.05, 0) is 0 Å². The molecule has 0 radical (unpaired) electrons. The average Bonchev–Trinajstić information content (AvgIpc) is 2.40. The van der Waals surface area contributed by atoms with Gasteiger partial charge < -0.3 is 9.84 Å². The smallest absolute Gasteiger partial charge is 0.306 e. The first kappa shape index (κ1) is 15.9. The van der Waals surface area contributed by atoms with Crippen molar-refractivity contribution in [1.82, 2.24) is 0 Å². The summed E-state index contributed by atoms with van der Waals surface area (Å²) >= 11 is 0. The van der Waals surface area contributed by atoms with Crippen LogP contribution in [-0.2, 0) is 20.9 Å². The topological polar surface area (TPSA) is 63.6 Å². The molecule has 20 heavy (non-hydrogen) atoms. The third-order valence-electron chi connectivity index (χ3n) is 2.22. The van der Waals surface area contributed by atoms with Crippen molar-refractivity contribution in [2.24, 2.45) is 0 Å². The third-order valence-corrected chi connectivity index (χ3v) is 2.22. The molecule has 0 aliphatic heterocycles. The highest BCUT2D eigenvalue weighted by Crippen LogP contribution is 2.23. The van der Waals surface area contributed by atoms with Crippen molar-refractivity contribution < 1.29 is 41.4 Å². The number of hydrogen-bond donors (Lipinski definition) is 1. The summed E-state index contributed by atoms with van der Waals surface area (Å²) in [5.41, 5.74) is -1.30. The summed E-state index contributed by atoms with van der Waals surface area (Å²) in [5, 5.41) is 8.27. The van der Waals surface area contributed by atoms with Gasteiger partial charge in [0, 0.05) is 0 Å². The number of carboxylic acids is 1. The van der Waals surface area contributed by atoms with Gasteiger partial charge in [-0.3, -0.25) is 9.59 Å². The Hall–Kier alpha value is -2.19. The van der Waals surface area contributed by atoms with Gasteiger partial charge in [-0.25, -0.2) is 22.0 Å². The van der Waals surface area contributed by atoms with E-state index in [1.807, 2.05) is 0 Å². The third kappa shape index (κ3) is 3.43. The van der Waals surface area contributed by atoms with E-state index < -0.39 is 66.0 Å². The molecule has 1 N–H and O–H groups in total. The van der Waals surface area contributed by atoms with Crippen molar-refractivity contribution in [1.29, 1.82) is 0 Å². The molecule has 1 rings (SSSR count). The SMILES string of the molecule is O=C(O)CCC(=O)OCc1c(F)c(F)c(F)c(F)c1F. The number of carboxylic acid groups (broad SMARTS) is 1. The predicted molar refractivity (Wildman–Crippen MR) is 52.9 cm³/mol. The molecule has 0 saturated carbocycles. The molecule has 0 saturated heterocycles. The number of esters is 1. The number of carbonyl (C=O) groups excluding carboxylic acids is 1. The van der Waals surface area contributed by atoms with Crippen LogP contribution in [0.5, 0.6) is 0 Å². The van der Waals surface area contributed by atoms with Gasteiger partial charge in [0.05, 0.1) is 18.4 Å². The Morgan fingerprint density at radius 1 is 0.850 bits per heavy atom. The minimum Gasteiger partial charge on any atom is -0.481 e. The molecule has 1 aromatic rings. The second-order valence-corrected chi connectivity index (χ2v) is 3.60. The molecule has 0 amide bonds. The monoisotopic (exact) mass is 298 g/mol. The molecule has 0 heterocycles. The van der Waals surface area contributed by atoms with Crippen molar-refractivity contribution in [2.75, 3.05) is 0 Å². The van der Waals surface area contributed by atoms with E-state index in [2.05, 4.69) is 4.74 Å². The fourth-order valence-corrected chi connectivity index (χ4v) is 1.21. The standard InChI is InChI=1S/C11H7F5O4/c12-7-4(3-20-6(19)2-1-5(17)18)8(13)10(15)11(16)9(7)14/h1-3H2,(H,17,18). The fraction of sp³-hybridized carbons (Fsp3) is 0.273. The molecule has 0 spiro atoms. The van der Waals surface area contributed by atoms with Gasteiger partial charge in [-0.1, -0.05) is 0 Å². The number of rotatable bonds is 5. The number of carbonyl (C=O) groups is 2. The van der Waals surface area contributed by atoms with Crippen molar-refractivity contribution in [3.8, 4) is 0 Å². The highest BCUT2D eigenvalue weighted by Gasteiger charge is 2.26. The highest BCUT2D eigenvalue weighted by atomic mass is 19.2. The Balaban J connectivity index is 2.84. The zero-order valence-electron chi connectivity index (χ0n) is 9.68. The summed E-state index contributed by atoms with van der Waals surface area (Å²) in [7, 11) is 0. The van der Waals surface area contributed by atoms with Gasteiger partial charge in [-0.15, -0.1) is 0 Å². The molecule has 0 bridgehead atoms. The summed E-state index contributed by atoms with van der Waals surface area (Å²) < 4.78 is 68.9. The Bertz CT molecular complexity index is 529. The second-order valence-electron chi connectivity index (χ2n) is 3.60. The lowest BCUT2D eigenvalue weighted by Crippen LogP contribution is -2.12. The van der Waals surface area contributed by atoms with E-state index in [9.17, 15) is 31.5 Å². The summed E-state index contributed by atoms with van der Waals surface area (Å²) in [6.07, 6.45) is -1.18. The minimum absolute atomic E-state index is 0.587. The van der Waals surface area contributed by atoms with E-state index in [0.29, 0.717) is 0 Å². The van der Waals surface area contributed by atoms with Gasteiger partial charge in [0.2, 0.25) is 5.82 Å². The molecule has 0 fully saturated rings. The van der Waals surface area contributed by atoms with Gasteiger partial charge in [0.15, 0.2) is 23.3 Å². The minimum atomic E-state index is -2.32. The molecule has 0 unspecified atom stereocenters. The van der Waals surface area contributed by atoms with Gasteiger partial charge >= 0.3 is 11.9 Å². The lowest BCUT2D eigenvalue weighted by atomic mass is 10.2. The van der Waals surface area contributed by atoms with Crippen LogP contribution in [0, 0.1) is 29.1 Å². The second kappa shape index (κ2) is 6.31. The van der Waals surface area contributed by atoms with E-state index >= 15 is 0 Å². The van der Waals surface area contributed by atoms with E-state index in [4.69, 9.17) is 5.11 Å². The van der Waals surface area contributed by atoms with Crippen molar-refractivity contribution in [3.63, 3.8) is 0 Å². The van der Waals surface area contributed by atoms with Crippen molar-refractivity contribution in [3.05, 3.63) is 34.6 Å². The maximum atomic E-state index is 13.2. The summed E-state index contributed by atoms with van der Waals surface area (Å²) in [6, 6.07) is 0. The predicted octanol–water partition coefficient (Wildman–Crippen LogP) is 2.29. The zero-order chi connectivity index (χ0) is 15.4. The molecule has 0 aromatic heterocycles. The number of aliphatic carboxylic acids is 1. The molecular weight excluding hydrogens is 291 g/mol. The summed E-state index contributed by atoms with van der Waals surface area (Å²) in [6.45, 7) is -1.19. The molecular formula is C11H7F5O4. The summed E-state index contributed by atoms with van der Waals surface area (Å²) in [4.78, 5) is 21.1. The van der Waals surface area contributed by atoms with Crippen LogP contribution in [0.15, 0.2) is 0 Å². The van der Waals surface area contributed by atoms with E-state index in [1.54, 1.807) is 0 Å². The lowest BCUT2D eigenvalue weighted by molar-refractivity contribution is -0.148. The quantitative estimate of drug-likeness (QED) is 0.392. The fourth-order valence-electron chi connectivity index (χ4n) is 1.21. The number of hydrogen-bond acceptors (Lipinski definition) is 3. The van der Waals surface area contributed by atoms with Crippen LogP contribution in [-0.4, -0.2) is 17.0 Å². The molecule has 110 valence electrons. The highest BCUT2D eigenvalue weighted by molar-refractivity contribution is 5.76. The van der Waals surface area contributed by atoms with Gasteiger partial charge in [0.25, 0.3) is 0 Å². The molecule has 0 aliphatic rings. The number of halogens is 5. The van der Waals surface area contributed by atoms with E-state index in [-0.39, 0.29) is 0 Å².